The van der Waals surface area contributed by atoms with Gasteiger partial charge in [0.25, 0.3) is 11.6 Å². The Morgan fingerprint density at radius 3 is 2.56 bits per heavy atom. The molecule has 34 heavy (non-hydrogen) atoms. The summed E-state index contributed by atoms with van der Waals surface area (Å²) >= 11 is 0. The molecule has 1 unspecified atom stereocenters. The van der Waals surface area contributed by atoms with Crippen LogP contribution in [-0.4, -0.2) is 35.6 Å². The number of hydrogen-bond acceptors (Lipinski definition) is 8. The molecule has 1 amide bonds. The Bertz CT molecular complexity index is 1420. The number of amides is 1. The number of para-hydroxylation sites is 1. The van der Waals surface area contributed by atoms with Crippen LogP contribution in [0.3, 0.4) is 0 Å². The number of fused-ring (bicyclic) bond motifs is 1. The first-order chi connectivity index (χ1) is 16.5. The fourth-order valence-corrected chi connectivity index (χ4v) is 3.87. The number of aromatic nitrogens is 5. The lowest BCUT2D eigenvalue weighted by Gasteiger charge is -2.28. The molecule has 4 aromatic rings. The van der Waals surface area contributed by atoms with Gasteiger partial charge < -0.3 is 10.6 Å². The number of benzene rings is 1. The molecule has 0 fully saturated rings. The van der Waals surface area contributed by atoms with Gasteiger partial charge in [0.05, 0.1) is 27.9 Å². The minimum absolute atomic E-state index is 0.127. The van der Waals surface area contributed by atoms with Gasteiger partial charge in [-0.15, -0.1) is 5.10 Å². The number of nitrogens with zero attached hydrogens (tertiary/aromatic N) is 6. The third-order valence-corrected chi connectivity index (χ3v) is 5.36. The number of pyridine rings is 2. The van der Waals surface area contributed by atoms with Crippen LogP contribution in [0, 0.1) is 10.1 Å². The van der Waals surface area contributed by atoms with Crippen LogP contribution in [-0.2, 0) is 4.79 Å². The molecule has 0 bridgehead atoms. The number of carbonyl (C=O) groups is 1. The van der Waals surface area contributed by atoms with E-state index in [1.54, 1.807) is 61.9 Å². The molecule has 168 valence electrons. The van der Waals surface area contributed by atoms with Crippen LogP contribution in [0.15, 0.2) is 84.6 Å². The molecule has 1 aliphatic rings. The Labute approximate surface area is 193 Å². The van der Waals surface area contributed by atoms with Crippen molar-refractivity contribution < 1.29 is 9.72 Å². The average Bonchev–Trinajstić information content (AvgIpc) is 3.28. The van der Waals surface area contributed by atoms with Crippen LogP contribution in [0.4, 0.5) is 17.3 Å². The second-order valence-electron chi connectivity index (χ2n) is 7.52. The molecule has 2 N–H and O–H groups in total. The van der Waals surface area contributed by atoms with Crippen molar-refractivity contribution in [1.82, 2.24) is 24.7 Å². The summed E-state index contributed by atoms with van der Waals surface area (Å²) in [5.41, 5.74) is 2.13. The molecule has 0 aliphatic carbocycles. The molecular weight excluding hydrogens is 436 g/mol. The van der Waals surface area contributed by atoms with Crippen LogP contribution in [0.5, 0.6) is 0 Å². The summed E-state index contributed by atoms with van der Waals surface area (Å²) < 4.78 is 1.50. The molecule has 3 aromatic heterocycles. The number of nitrogens with one attached hydrogen (secondary N) is 2. The van der Waals surface area contributed by atoms with E-state index in [9.17, 15) is 14.9 Å². The molecule has 0 radical (unpaired) electrons. The molecule has 1 aliphatic heterocycles. The van der Waals surface area contributed by atoms with Crippen LogP contribution in [0.25, 0.3) is 11.4 Å². The summed E-state index contributed by atoms with van der Waals surface area (Å²) in [6.45, 7) is 1.72. The number of allylic oxidation sites excluding steroid dienone is 1. The quantitative estimate of drug-likeness (QED) is 0.344. The van der Waals surface area contributed by atoms with Crippen molar-refractivity contribution in [2.75, 3.05) is 10.6 Å². The first kappa shape index (κ1) is 20.9. The Kier molecular flexibility index (Phi) is 5.26. The second-order valence-corrected chi connectivity index (χ2v) is 7.52. The first-order valence-corrected chi connectivity index (χ1v) is 10.3. The number of carbonyl (C=O) groups excluding carboxylic acids is 1. The number of rotatable bonds is 5. The zero-order valence-corrected chi connectivity index (χ0v) is 17.9. The summed E-state index contributed by atoms with van der Waals surface area (Å²) in [5, 5.41) is 22.4. The largest absolute Gasteiger partial charge is 0.328 e. The number of nitro benzene ring substituents is 1. The van der Waals surface area contributed by atoms with Gasteiger partial charge in [-0.3, -0.25) is 24.9 Å². The molecule has 0 saturated carbocycles. The minimum Gasteiger partial charge on any atom is -0.328 e. The average molecular weight is 454 g/mol. The highest BCUT2D eigenvalue weighted by Gasteiger charge is 2.37. The van der Waals surface area contributed by atoms with E-state index in [-0.39, 0.29) is 11.3 Å². The topological polar surface area (TPSA) is 141 Å². The first-order valence-electron chi connectivity index (χ1n) is 10.3. The zero-order valence-electron chi connectivity index (χ0n) is 17.9. The van der Waals surface area contributed by atoms with Crippen molar-refractivity contribution in [3.63, 3.8) is 0 Å². The normalized spacial score (nSPS) is 14.8. The molecule has 1 atom stereocenters. The van der Waals surface area contributed by atoms with Gasteiger partial charge in [0, 0.05) is 35.9 Å². The van der Waals surface area contributed by atoms with Crippen molar-refractivity contribution in [2.45, 2.75) is 13.0 Å². The number of anilines is 2. The maximum Gasteiger partial charge on any atom is 0.275 e. The SMILES string of the molecule is CC1=C(C(=O)Nc2cccnc2)C(c2ccccc2[N+](=O)[O-])n2nc(-c3cccnc3)nc2N1. The fraction of sp³-hybridized carbons (Fsp3) is 0.0870. The summed E-state index contributed by atoms with van der Waals surface area (Å²) in [6, 6.07) is 12.4. The van der Waals surface area contributed by atoms with E-state index in [1.807, 2.05) is 6.07 Å². The zero-order chi connectivity index (χ0) is 23.7. The Morgan fingerprint density at radius 1 is 1.09 bits per heavy atom. The minimum atomic E-state index is -0.896. The lowest BCUT2D eigenvalue weighted by atomic mass is 9.93. The Balaban J connectivity index is 1.66. The highest BCUT2D eigenvalue weighted by Crippen LogP contribution is 2.40. The number of nitro groups is 1. The van der Waals surface area contributed by atoms with Crippen molar-refractivity contribution in [2.24, 2.45) is 0 Å². The molecule has 11 heteroatoms. The molecule has 0 saturated heterocycles. The van der Waals surface area contributed by atoms with Crippen molar-refractivity contribution in [3.8, 4) is 11.4 Å². The molecule has 0 spiro atoms. The van der Waals surface area contributed by atoms with E-state index in [1.165, 1.54) is 16.9 Å². The predicted octanol–water partition coefficient (Wildman–Crippen LogP) is 3.57. The van der Waals surface area contributed by atoms with E-state index in [0.29, 0.717) is 34.3 Å². The van der Waals surface area contributed by atoms with E-state index in [4.69, 9.17) is 0 Å². The van der Waals surface area contributed by atoms with Crippen LogP contribution < -0.4 is 10.6 Å². The molecule has 5 rings (SSSR count). The van der Waals surface area contributed by atoms with Gasteiger partial charge in [-0.2, -0.15) is 4.98 Å². The van der Waals surface area contributed by atoms with Gasteiger partial charge in [-0.1, -0.05) is 12.1 Å². The molecule has 11 nitrogen and oxygen atoms in total. The molecule has 4 heterocycles. The summed E-state index contributed by atoms with van der Waals surface area (Å²) in [6.07, 6.45) is 6.38. The Hall–Kier alpha value is -4.93. The van der Waals surface area contributed by atoms with Crippen LogP contribution >= 0.6 is 0 Å². The smallest absolute Gasteiger partial charge is 0.275 e. The number of hydrogen-bond donors (Lipinski definition) is 2. The van der Waals surface area contributed by atoms with Crippen LogP contribution in [0.2, 0.25) is 0 Å². The molecule has 1 aromatic carbocycles. The van der Waals surface area contributed by atoms with Gasteiger partial charge in [0.2, 0.25) is 5.95 Å². The lowest BCUT2D eigenvalue weighted by Crippen LogP contribution is -2.32. The predicted molar refractivity (Wildman–Crippen MR) is 124 cm³/mol. The molecular formula is C23H18N8O3. The lowest BCUT2D eigenvalue weighted by molar-refractivity contribution is -0.385. The monoisotopic (exact) mass is 454 g/mol. The second kappa shape index (κ2) is 8.54. The van der Waals surface area contributed by atoms with E-state index in [2.05, 4.69) is 30.7 Å². The maximum absolute atomic E-state index is 13.5. The summed E-state index contributed by atoms with van der Waals surface area (Å²) in [7, 11) is 0. The van der Waals surface area contributed by atoms with Gasteiger partial charge >= 0.3 is 0 Å². The van der Waals surface area contributed by atoms with E-state index in [0.717, 1.165) is 0 Å². The highest BCUT2D eigenvalue weighted by molar-refractivity contribution is 6.06. The van der Waals surface area contributed by atoms with Crippen molar-refractivity contribution in [3.05, 3.63) is 100 Å². The third kappa shape index (κ3) is 3.75. The summed E-state index contributed by atoms with van der Waals surface area (Å²) in [4.78, 5) is 37.5. The third-order valence-electron chi connectivity index (χ3n) is 5.36. The van der Waals surface area contributed by atoms with Gasteiger partial charge in [0.15, 0.2) is 5.82 Å². The summed E-state index contributed by atoms with van der Waals surface area (Å²) in [5.74, 6) is 0.295. The Morgan fingerprint density at radius 2 is 1.85 bits per heavy atom. The van der Waals surface area contributed by atoms with Gasteiger partial charge in [0.1, 0.15) is 6.04 Å². The maximum atomic E-state index is 13.5. The fourth-order valence-electron chi connectivity index (χ4n) is 3.87. The van der Waals surface area contributed by atoms with Gasteiger partial charge in [-0.25, -0.2) is 4.68 Å². The van der Waals surface area contributed by atoms with E-state index < -0.39 is 16.9 Å². The van der Waals surface area contributed by atoms with Crippen molar-refractivity contribution >= 4 is 23.2 Å². The standard InChI is InChI=1S/C23H18N8O3/c1-14-19(22(32)27-16-7-5-11-25-13-16)20(17-8-2-3-9-18(17)31(33)34)30-23(26-14)28-21(29-30)15-6-4-10-24-12-15/h2-13,20H,1H3,(H,27,32)(H,26,28,29). The highest BCUT2D eigenvalue weighted by atomic mass is 16.6. The van der Waals surface area contributed by atoms with E-state index >= 15 is 0 Å². The van der Waals surface area contributed by atoms with Crippen LogP contribution in [0.1, 0.15) is 18.5 Å². The van der Waals surface area contributed by atoms with Gasteiger partial charge in [-0.05, 0) is 37.3 Å². The van der Waals surface area contributed by atoms with Crippen molar-refractivity contribution in [1.29, 1.82) is 0 Å².